The van der Waals surface area contributed by atoms with E-state index >= 15 is 0 Å². The molecule has 1 atom stereocenters. The number of aromatic nitrogens is 1. The van der Waals surface area contributed by atoms with Gasteiger partial charge >= 0.3 is 6.18 Å². The van der Waals surface area contributed by atoms with E-state index in [1.165, 1.54) is 0 Å². The lowest BCUT2D eigenvalue weighted by molar-refractivity contribution is -0.145. The molecule has 0 spiro atoms. The van der Waals surface area contributed by atoms with E-state index in [-0.39, 0.29) is 28.6 Å². The molecule has 3 rings (SSSR count). The predicted molar refractivity (Wildman–Crippen MR) is 103 cm³/mol. The lowest BCUT2D eigenvalue weighted by Crippen LogP contribution is -2.55. The molecule has 6 nitrogen and oxygen atoms in total. The fourth-order valence-corrected chi connectivity index (χ4v) is 4.07. The number of rotatable bonds is 3. The van der Waals surface area contributed by atoms with Crippen LogP contribution in [0.5, 0.6) is 0 Å². The van der Waals surface area contributed by atoms with Crippen LogP contribution in [0.15, 0.2) is 12.3 Å². The molecule has 0 unspecified atom stereocenters. The minimum absolute atomic E-state index is 0.0137. The molecule has 10 heteroatoms. The maximum Gasteiger partial charge on any atom is 0.417 e. The molecule has 0 N–H and O–H groups in total. The summed E-state index contributed by atoms with van der Waals surface area (Å²) in [7, 11) is 0. The first-order valence-electron chi connectivity index (χ1n) is 9.66. The first kappa shape index (κ1) is 21.7. The third-order valence-electron chi connectivity index (χ3n) is 5.35. The average molecular weight is 433 g/mol. The van der Waals surface area contributed by atoms with Gasteiger partial charge in [0.25, 0.3) is 0 Å². The van der Waals surface area contributed by atoms with E-state index in [2.05, 4.69) is 4.98 Å². The Morgan fingerprint density at radius 3 is 2.38 bits per heavy atom. The SMILES string of the molecule is CC(C)C(=O)N1CCC[C@@H]1C(=O)N1CCN(c2ncc(C(F)(F)F)cc2Cl)CC1. The molecule has 0 aliphatic carbocycles. The maximum atomic E-state index is 12.9. The number of amides is 2. The Hall–Kier alpha value is -2.03. The molecule has 160 valence electrons. The zero-order chi connectivity index (χ0) is 21.3. The standard InChI is InChI=1S/C19H24ClF3N4O2/c1-12(2)17(28)27-5-3-4-15(27)18(29)26-8-6-25(7-9-26)16-14(20)10-13(11-24-16)19(21,22)23/h10-12,15H,3-9H2,1-2H3/t15-/m1/s1. The van der Waals surface area contributed by atoms with Crippen molar-refractivity contribution in [3.63, 3.8) is 0 Å². The molecule has 3 heterocycles. The second-order valence-corrected chi connectivity index (χ2v) is 8.09. The Kier molecular flexibility index (Phi) is 6.26. The normalized spacial score (nSPS) is 20.5. The fourth-order valence-electron chi connectivity index (χ4n) is 3.79. The van der Waals surface area contributed by atoms with Crippen LogP contribution in [0.4, 0.5) is 19.0 Å². The zero-order valence-electron chi connectivity index (χ0n) is 16.4. The summed E-state index contributed by atoms with van der Waals surface area (Å²) in [5, 5.41) is -0.0656. The number of hydrogen-bond donors (Lipinski definition) is 0. The van der Waals surface area contributed by atoms with Gasteiger partial charge in [0, 0.05) is 44.8 Å². The second-order valence-electron chi connectivity index (χ2n) is 7.68. The molecule has 2 aliphatic rings. The van der Waals surface area contributed by atoms with Crippen LogP contribution in [0, 0.1) is 5.92 Å². The largest absolute Gasteiger partial charge is 0.417 e. The van der Waals surface area contributed by atoms with Gasteiger partial charge in [-0.15, -0.1) is 0 Å². The number of pyridine rings is 1. The predicted octanol–water partition coefficient (Wildman–Crippen LogP) is 3.05. The number of likely N-dealkylation sites (tertiary alicyclic amines) is 1. The van der Waals surface area contributed by atoms with Gasteiger partial charge in [0.15, 0.2) is 0 Å². The molecule has 0 saturated carbocycles. The lowest BCUT2D eigenvalue weighted by atomic mass is 10.1. The van der Waals surface area contributed by atoms with Crippen molar-refractivity contribution in [2.45, 2.75) is 38.9 Å². The molecule has 1 aromatic rings. The highest BCUT2D eigenvalue weighted by atomic mass is 35.5. The van der Waals surface area contributed by atoms with Crippen LogP contribution in [0.3, 0.4) is 0 Å². The van der Waals surface area contributed by atoms with E-state index in [0.717, 1.165) is 18.7 Å². The third-order valence-corrected chi connectivity index (χ3v) is 5.63. The number of carbonyl (C=O) groups excluding carboxylic acids is 2. The van der Waals surface area contributed by atoms with Crippen LogP contribution in [0.2, 0.25) is 5.02 Å². The molecule has 0 radical (unpaired) electrons. The summed E-state index contributed by atoms with van der Waals surface area (Å²) in [4.78, 5) is 34.4. The number of alkyl halides is 3. The van der Waals surface area contributed by atoms with Crippen LogP contribution in [-0.2, 0) is 15.8 Å². The van der Waals surface area contributed by atoms with Crippen molar-refractivity contribution in [3.05, 3.63) is 22.8 Å². The van der Waals surface area contributed by atoms with Crippen LogP contribution in [-0.4, -0.2) is 65.4 Å². The van der Waals surface area contributed by atoms with E-state index in [1.807, 2.05) is 13.8 Å². The topological polar surface area (TPSA) is 56.8 Å². The molecule has 2 amide bonds. The molecule has 1 aromatic heterocycles. The number of nitrogens with zero attached hydrogens (tertiary/aromatic N) is 4. The Balaban J connectivity index is 1.63. The molecule has 29 heavy (non-hydrogen) atoms. The summed E-state index contributed by atoms with van der Waals surface area (Å²) in [5.41, 5.74) is -0.892. The Morgan fingerprint density at radius 2 is 1.83 bits per heavy atom. The molecule has 2 fully saturated rings. The summed E-state index contributed by atoms with van der Waals surface area (Å²) in [5.74, 6) is 0.0419. The second kappa shape index (κ2) is 8.38. The first-order valence-corrected chi connectivity index (χ1v) is 10.0. The summed E-state index contributed by atoms with van der Waals surface area (Å²) >= 11 is 6.03. The van der Waals surface area contributed by atoms with E-state index in [9.17, 15) is 22.8 Å². The smallest absolute Gasteiger partial charge is 0.352 e. The molecular formula is C19H24ClF3N4O2. The van der Waals surface area contributed by atoms with Gasteiger partial charge in [0.05, 0.1) is 10.6 Å². The number of halogens is 4. The summed E-state index contributed by atoms with van der Waals surface area (Å²) in [6.07, 6.45) is -2.27. The van der Waals surface area contributed by atoms with Crippen LogP contribution in [0.25, 0.3) is 0 Å². The van der Waals surface area contributed by atoms with Gasteiger partial charge in [0.1, 0.15) is 11.9 Å². The number of carbonyl (C=O) groups is 2. The molecule has 0 aromatic carbocycles. The Morgan fingerprint density at radius 1 is 1.17 bits per heavy atom. The molecule has 0 bridgehead atoms. The van der Waals surface area contributed by atoms with Crippen molar-refractivity contribution in [2.75, 3.05) is 37.6 Å². The van der Waals surface area contributed by atoms with Crippen molar-refractivity contribution in [1.82, 2.24) is 14.8 Å². The minimum atomic E-state index is -4.50. The van der Waals surface area contributed by atoms with Gasteiger partial charge in [-0.3, -0.25) is 9.59 Å². The van der Waals surface area contributed by atoms with Crippen LogP contribution >= 0.6 is 11.6 Å². The minimum Gasteiger partial charge on any atom is -0.352 e. The maximum absolute atomic E-state index is 12.9. The average Bonchev–Trinajstić information content (AvgIpc) is 3.15. The first-order chi connectivity index (χ1) is 13.6. The van der Waals surface area contributed by atoms with E-state index in [0.29, 0.717) is 39.1 Å². The van der Waals surface area contributed by atoms with Crippen molar-refractivity contribution < 1.29 is 22.8 Å². The number of anilines is 1. The Bertz CT molecular complexity index is 779. The molecule has 2 aliphatic heterocycles. The van der Waals surface area contributed by atoms with E-state index in [1.54, 1.807) is 14.7 Å². The third kappa shape index (κ3) is 4.60. The quantitative estimate of drug-likeness (QED) is 0.736. The number of piperazine rings is 1. The molecule has 2 saturated heterocycles. The van der Waals surface area contributed by atoms with E-state index < -0.39 is 17.8 Å². The van der Waals surface area contributed by atoms with E-state index in [4.69, 9.17) is 11.6 Å². The molecular weight excluding hydrogens is 409 g/mol. The summed E-state index contributed by atoms with van der Waals surface area (Å²) < 4.78 is 38.4. The lowest BCUT2D eigenvalue weighted by Gasteiger charge is -2.38. The van der Waals surface area contributed by atoms with Gasteiger partial charge in [-0.05, 0) is 18.9 Å². The van der Waals surface area contributed by atoms with Gasteiger partial charge in [-0.25, -0.2) is 4.98 Å². The highest BCUT2D eigenvalue weighted by Crippen LogP contribution is 2.34. The van der Waals surface area contributed by atoms with Crippen molar-refractivity contribution >= 4 is 29.2 Å². The van der Waals surface area contributed by atoms with Crippen molar-refractivity contribution in [3.8, 4) is 0 Å². The van der Waals surface area contributed by atoms with Gasteiger partial charge in [-0.2, -0.15) is 13.2 Å². The van der Waals surface area contributed by atoms with Crippen molar-refractivity contribution in [1.29, 1.82) is 0 Å². The van der Waals surface area contributed by atoms with Gasteiger partial charge in [-0.1, -0.05) is 25.4 Å². The van der Waals surface area contributed by atoms with Crippen LogP contribution < -0.4 is 4.90 Å². The summed E-state index contributed by atoms with van der Waals surface area (Å²) in [6.45, 7) is 5.86. The number of hydrogen-bond acceptors (Lipinski definition) is 4. The van der Waals surface area contributed by atoms with Gasteiger partial charge < -0.3 is 14.7 Å². The fraction of sp³-hybridized carbons (Fsp3) is 0.632. The van der Waals surface area contributed by atoms with Crippen molar-refractivity contribution in [2.24, 2.45) is 5.92 Å². The van der Waals surface area contributed by atoms with Gasteiger partial charge in [0.2, 0.25) is 11.8 Å². The summed E-state index contributed by atoms with van der Waals surface area (Å²) in [6, 6.07) is 0.444. The van der Waals surface area contributed by atoms with Crippen LogP contribution in [0.1, 0.15) is 32.3 Å². The monoisotopic (exact) mass is 432 g/mol. The zero-order valence-corrected chi connectivity index (χ0v) is 17.1. The highest BCUT2D eigenvalue weighted by Gasteiger charge is 2.38. The highest BCUT2D eigenvalue weighted by molar-refractivity contribution is 6.33. The Labute approximate surface area is 172 Å².